The highest BCUT2D eigenvalue weighted by Gasteiger charge is 2.35. The van der Waals surface area contributed by atoms with Crippen molar-refractivity contribution in [2.45, 2.75) is 26.3 Å². The van der Waals surface area contributed by atoms with Gasteiger partial charge in [0.2, 0.25) is 5.91 Å². The number of aromatic nitrogens is 1. The first kappa shape index (κ1) is 13.0. The van der Waals surface area contributed by atoms with E-state index in [9.17, 15) is 4.79 Å². The van der Waals surface area contributed by atoms with Gasteiger partial charge in [0.05, 0.1) is 6.04 Å². The fourth-order valence-corrected chi connectivity index (χ4v) is 2.72. The van der Waals surface area contributed by atoms with Crippen molar-refractivity contribution >= 4 is 5.91 Å². The number of nitrogens with zero attached hydrogens (tertiary/aromatic N) is 2. The first-order valence-corrected chi connectivity index (χ1v) is 6.53. The zero-order valence-corrected chi connectivity index (χ0v) is 11.0. The molecule has 1 saturated heterocycles. The smallest absolute Gasteiger partial charge is 0.223 e. The minimum absolute atomic E-state index is 0.136. The first-order valence-electron chi connectivity index (χ1n) is 6.53. The van der Waals surface area contributed by atoms with Gasteiger partial charge in [-0.05, 0) is 36.1 Å². The lowest BCUT2D eigenvalue weighted by molar-refractivity contribution is -0.130. The van der Waals surface area contributed by atoms with Crippen LogP contribution in [0.5, 0.6) is 0 Å². The second-order valence-electron chi connectivity index (χ2n) is 5.32. The maximum Gasteiger partial charge on any atom is 0.223 e. The van der Waals surface area contributed by atoms with Gasteiger partial charge in [-0.1, -0.05) is 13.8 Å². The summed E-state index contributed by atoms with van der Waals surface area (Å²) in [5.74, 6) is 0.912. The summed E-state index contributed by atoms with van der Waals surface area (Å²) in [5, 5.41) is 0. The molecule has 18 heavy (non-hydrogen) atoms. The standard InChI is InChI=1S/C14H21N3O/c1-10(2)14(12-3-5-16-6-4-12)17-9-11(8-15)7-13(17)18/h3-6,10-11,14H,7-9,15H2,1-2H3. The van der Waals surface area contributed by atoms with E-state index in [1.165, 1.54) is 0 Å². The predicted molar refractivity (Wildman–Crippen MR) is 70.7 cm³/mol. The number of pyridine rings is 1. The number of nitrogens with two attached hydrogens (primary N) is 1. The Balaban J connectivity index is 2.24. The molecule has 1 amide bonds. The van der Waals surface area contributed by atoms with Gasteiger partial charge in [0.25, 0.3) is 0 Å². The van der Waals surface area contributed by atoms with Crippen LogP contribution in [0, 0.1) is 11.8 Å². The molecule has 1 aliphatic heterocycles. The Morgan fingerprint density at radius 3 is 2.61 bits per heavy atom. The van der Waals surface area contributed by atoms with Crippen LogP contribution in [-0.4, -0.2) is 28.9 Å². The molecule has 98 valence electrons. The monoisotopic (exact) mass is 247 g/mol. The van der Waals surface area contributed by atoms with Gasteiger partial charge in [0.15, 0.2) is 0 Å². The Labute approximate surface area is 108 Å². The largest absolute Gasteiger partial charge is 0.335 e. The van der Waals surface area contributed by atoms with Crippen molar-refractivity contribution in [3.8, 4) is 0 Å². The van der Waals surface area contributed by atoms with Crippen LogP contribution >= 0.6 is 0 Å². The molecule has 2 heterocycles. The van der Waals surface area contributed by atoms with Gasteiger partial charge in [0.1, 0.15) is 0 Å². The molecule has 0 bridgehead atoms. The molecule has 2 atom stereocenters. The van der Waals surface area contributed by atoms with E-state index in [0.717, 1.165) is 12.1 Å². The Morgan fingerprint density at radius 2 is 2.11 bits per heavy atom. The maximum atomic E-state index is 12.1. The average molecular weight is 247 g/mol. The van der Waals surface area contributed by atoms with Crippen molar-refractivity contribution in [2.75, 3.05) is 13.1 Å². The van der Waals surface area contributed by atoms with Crippen LogP contribution in [0.4, 0.5) is 0 Å². The highest BCUT2D eigenvalue weighted by Crippen LogP contribution is 2.33. The summed E-state index contributed by atoms with van der Waals surface area (Å²) in [6, 6.07) is 4.12. The van der Waals surface area contributed by atoms with Crippen LogP contribution in [0.2, 0.25) is 0 Å². The Morgan fingerprint density at radius 1 is 1.44 bits per heavy atom. The highest BCUT2D eigenvalue weighted by atomic mass is 16.2. The second kappa shape index (κ2) is 5.48. The molecule has 1 aliphatic rings. The molecule has 1 fully saturated rings. The molecule has 1 aromatic rings. The van der Waals surface area contributed by atoms with E-state index in [1.807, 2.05) is 17.0 Å². The summed E-state index contributed by atoms with van der Waals surface area (Å²) >= 11 is 0. The maximum absolute atomic E-state index is 12.1. The fourth-order valence-electron chi connectivity index (χ4n) is 2.72. The number of amides is 1. The third-order valence-electron chi connectivity index (χ3n) is 3.59. The second-order valence-corrected chi connectivity index (χ2v) is 5.32. The number of likely N-dealkylation sites (tertiary alicyclic amines) is 1. The lowest BCUT2D eigenvalue weighted by atomic mass is 9.95. The van der Waals surface area contributed by atoms with Gasteiger partial charge in [0, 0.05) is 25.4 Å². The van der Waals surface area contributed by atoms with Gasteiger partial charge in [-0.25, -0.2) is 0 Å². The molecule has 2 rings (SSSR count). The molecule has 2 unspecified atom stereocenters. The van der Waals surface area contributed by atoms with Crippen molar-refractivity contribution in [3.05, 3.63) is 30.1 Å². The molecule has 1 aromatic heterocycles. The highest BCUT2D eigenvalue weighted by molar-refractivity contribution is 5.79. The van der Waals surface area contributed by atoms with Crippen LogP contribution in [0.25, 0.3) is 0 Å². The molecule has 0 radical (unpaired) electrons. The van der Waals surface area contributed by atoms with E-state index >= 15 is 0 Å². The zero-order valence-electron chi connectivity index (χ0n) is 11.0. The van der Waals surface area contributed by atoms with Crippen molar-refractivity contribution in [3.63, 3.8) is 0 Å². The van der Waals surface area contributed by atoms with E-state index in [2.05, 4.69) is 18.8 Å². The third kappa shape index (κ3) is 2.53. The number of carbonyl (C=O) groups is 1. The summed E-state index contributed by atoms with van der Waals surface area (Å²) in [6.45, 7) is 5.66. The van der Waals surface area contributed by atoms with Crippen LogP contribution in [0.1, 0.15) is 31.9 Å². The van der Waals surface area contributed by atoms with E-state index < -0.39 is 0 Å². The van der Waals surface area contributed by atoms with Gasteiger partial charge < -0.3 is 10.6 Å². The van der Waals surface area contributed by atoms with Crippen LogP contribution in [0.15, 0.2) is 24.5 Å². The van der Waals surface area contributed by atoms with Crippen molar-refractivity contribution in [1.82, 2.24) is 9.88 Å². The SMILES string of the molecule is CC(C)C(c1ccncc1)N1CC(CN)CC1=O. The molecule has 4 nitrogen and oxygen atoms in total. The summed E-state index contributed by atoms with van der Waals surface area (Å²) in [6.07, 6.45) is 4.15. The lowest BCUT2D eigenvalue weighted by Crippen LogP contribution is -2.34. The number of rotatable bonds is 4. The van der Waals surface area contributed by atoms with E-state index in [1.54, 1.807) is 12.4 Å². The number of hydrogen-bond donors (Lipinski definition) is 1. The Bertz CT molecular complexity index is 405. The van der Waals surface area contributed by atoms with Gasteiger partial charge in [-0.15, -0.1) is 0 Å². The molecule has 2 N–H and O–H groups in total. The molecule has 4 heteroatoms. The van der Waals surface area contributed by atoms with Gasteiger partial charge in [-0.3, -0.25) is 9.78 Å². The van der Waals surface area contributed by atoms with Crippen molar-refractivity contribution in [1.29, 1.82) is 0 Å². The molecular formula is C14H21N3O. The third-order valence-corrected chi connectivity index (χ3v) is 3.59. The van der Waals surface area contributed by atoms with E-state index in [0.29, 0.717) is 24.8 Å². The fraction of sp³-hybridized carbons (Fsp3) is 0.571. The average Bonchev–Trinajstić information content (AvgIpc) is 2.72. The summed E-state index contributed by atoms with van der Waals surface area (Å²) in [7, 11) is 0. The summed E-state index contributed by atoms with van der Waals surface area (Å²) in [4.78, 5) is 18.1. The van der Waals surface area contributed by atoms with Crippen LogP contribution in [0.3, 0.4) is 0 Å². The molecule has 0 aromatic carbocycles. The van der Waals surface area contributed by atoms with E-state index in [-0.39, 0.29) is 11.9 Å². The summed E-state index contributed by atoms with van der Waals surface area (Å²) in [5.41, 5.74) is 6.84. The minimum atomic E-state index is 0.136. The zero-order chi connectivity index (χ0) is 13.1. The molecule has 0 spiro atoms. The van der Waals surface area contributed by atoms with Gasteiger partial charge in [-0.2, -0.15) is 0 Å². The Kier molecular flexibility index (Phi) is 3.97. The van der Waals surface area contributed by atoms with Crippen LogP contribution in [-0.2, 0) is 4.79 Å². The number of carbonyl (C=O) groups excluding carboxylic acids is 1. The molecule has 0 aliphatic carbocycles. The van der Waals surface area contributed by atoms with Crippen molar-refractivity contribution in [2.24, 2.45) is 17.6 Å². The predicted octanol–water partition coefficient (Wildman–Crippen LogP) is 1.59. The van der Waals surface area contributed by atoms with E-state index in [4.69, 9.17) is 5.73 Å². The quantitative estimate of drug-likeness (QED) is 0.879. The molecular weight excluding hydrogens is 226 g/mol. The minimum Gasteiger partial charge on any atom is -0.335 e. The topological polar surface area (TPSA) is 59.2 Å². The van der Waals surface area contributed by atoms with Crippen LogP contribution < -0.4 is 5.73 Å². The normalized spacial score (nSPS) is 21.7. The number of hydrogen-bond acceptors (Lipinski definition) is 3. The molecule has 0 saturated carbocycles. The van der Waals surface area contributed by atoms with Gasteiger partial charge >= 0.3 is 0 Å². The lowest BCUT2D eigenvalue weighted by Gasteiger charge is -2.31. The Hall–Kier alpha value is -1.42. The first-order chi connectivity index (χ1) is 8.63. The summed E-state index contributed by atoms with van der Waals surface area (Å²) < 4.78 is 0. The van der Waals surface area contributed by atoms with Crippen molar-refractivity contribution < 1.29 is 4.79 Å².